The lowest BCUT2D eigenvalue weighted by Gasteiger charge is -2.30. The molecule has 0 spiro atoms. The summed E-state index contributed by atoms with van der Waals surface area (Å²) < 4.78 is 9.93. The number of nitrogens with zero attached hydrogens (tertiary/aromatic N) is 1. The Bertz CT molecular complexity index is 419. The van der Waals surface area contributed by atoms with E-state index in [0.29, 0.717) is 38.8 Å². The molecule has 1 aromatic rings. The topological polar surface area (TPSA) is 59.8 Å². The van der Waals surface area contributed by atoms with Crippen molar-refractivity contribution in [2.75, 3.05) is 20.2 Å². The van der Waals surface area contributed by atoms with E-state index in [4.69, 9.17) is 9.15 Å². The van der Waals surface area contributed by atoms with Crippen molar-refractivity contribution in [3.05, 3.63) is 24.2 Å². The van der Waals surface area contributed by atoms with E-state index in [1.807, 2.05) is 17.0 Å². The van der Waals surface area contributed by atoms with Gasteiger partial charge in [-0.3, -0.25) is 9.59 Å². The van der Waals surface area contributed by atoms with Gasteiger partial charge in [-0.1, -0.05) is 0 Å². The molecule has 0 aliphatic carbocycles. The van der Waals surface area contributed by atoms with E-state index < -0.39 is 0 Å². The van der Waals surface area contributed by atoms with Crippen LogP contribution >= 0.6 is 0 Å². The Morgan fingerprint density at radius 2 is 2.16 bits per heavy atom. The SMILES string of the molecule is COC(=O)C1CCN(C(=O)CCc2ccco2)CC1. The molecule has 19 heavy (non-hydrogen) atoms. The molecule has 5 heteroatoms. The van der Waals surface area contributed by atoms with Crippen LogP contribution in [0.4, 0.5) is 0 Å². The summed E-state index contributed by atoms with van der Waals surface area (Å²) in [6.07, 6.45) is 4.08. The molecule has 1 saturated heterocycles. The summed E-state index contributed by atoms with van der Waals surface area (Å²) in [6.45, 7) is 1.27. The van der Waals surface area contributed by atoms with Gasteiger partial charge in [0, 0.05) is 25.9 Å². The Hall–Kier alpha value is -1.78. The van der Waals surface area contributed by atoms with Crippen LogP contribution in [-0.4, -0.2) is 37.0 Å². The number of hydrogen-bond acceptors (Lipinski definition) is 4. The second kappa shape index (κ2) is 6.41. The molecule has 1 aliphatic heterocycles. The van der Waals surface area contributed by atoms with Gasteiger partial charge in [0.1, 0.15) is 5.76 Å². The molecule has 2 heterocycles. The molecule has 0 saturated carbocycles. The summed E-state index contributed by atoms with van der Waals surface area (Å²) in [5.41, 5.74) is 0. The molecule has 1 aliphatic rings. The number of methoxy groups -OCH3 is 1. The second-order valence-corrected chi connectivity index (χ2v) is 4.76. The van der Waals surface area contributed by atoms with Crippen LogP contribution in [0.2, 0.25) is 0 Å². The van der Waals surface area contributed by atoms with Gasteiger partial charge >= 0.3 is 5.97 Å². The van der Waals surface area contributed by atoms with Crippen LogP contribution in [0.15, 0.2) is 22.8 Å². The molecule has 0 aromatic carbocycles. The van der Waals surface area contributed by atoms with Crippen LogP contribution in [-0.2, 0) is 20.7 Å². The molecular formula is C14H19NO4. The van der Waals surface area contributed by atoms with Crippen molar-refractivity contribution in [1.82, 2.24) is 4.90 Å². The number of furan rings is 1. The van der Waals surface area contributed by atoms with E-state index in [0.717, 1.165) is 5.76 Å². The lowest BCUT2D eigenvalue weighted by atomic mass is 9.97. The lowest BCUT2D eigenvalue weighted by molar-refractivity contribution is -0.148. The maximum Gasteiger partial charge on any atom is 0.308 e. The van der Waals surface area contributed by atoms with Gasteiger partial charge in [0.25, 0.3) is 0 Å². The highest BCUT2D eigenvalue weighted by atomic mass is 16.5. The molecule has 0 atom stereocenters. The maximum atomic E-state index is 12.0. The number of rotatable bonds is 4. The third kappa shape index (κ3) is 3.59. The molecular weight excluding hydrogens is 246 g/mol. The van der Waals surface area contributed by atoms with Gasteiger partial charge < -0.3 is 14.1 Å². The number of piperidine rings is 1. The molecule has 0 N–H and O–H groups in total. The number of hydrogen-bond donors (Lipinski definition) is 0. The van der Waals surface area contributed by atoms with Crippen molar-refractivity contribution in [2.45, 2.75) is 25.7 Å². The molecule has 5 nitrogen and oxygen atoms in total. The summed E-state index contributed by atoms with van der Waals surface area (Å²) in [5.74, 6) is 0.735. The minimum atomic E-state index is -0.164. The zero-order valence-corrected chi connectivity index (χ0v) is 11.1. The lowest BCUT2D eigenvalue weighted by Crippen LogP contribution is -2.40. The van der Waals surface area contributed by atoms with Gasteiger partial charge in [0.05, 0.1) is 19.3 Å². The third-order valence-corrected chi connectivity index (χ3v) is 3.55. The van der Waals surface area contributed by atoms with Gasteiger partial charge in [-0.15, -0.1) is 0 Å². The first-order valence-corrected chi connectivity index (χ1v) is 6.58. The number of carbonyl (C=O) groups excluding carboxylic acids is 2. The predicted molar refractivity (Wildman–Crippen MR) is 68.3 cm³/mol. The predicted octanol–water partition coefficient (Wildman–Crippen LogP) is 1.62. The van der Waals surface area contributed by atoms with Crippen LogP contribution in [0, 0.1) is 5.92 Å². The minimum Gasteiger partial charge on any atom is -0.469 e. The Labute approximate surface area is 112 Å². The fourth-order valence-corrected chi connectivity index (χ4v) is 2.37. The Morgan fingerprint density at radius 1 is 1.42 bits per heavy atom. The average Bonchev–Trinajstić information content (AvgIpc) is 2.97. The van der Waals surface area contributed by atoms with Gasteiger partial charge in [-0.2, -0.15) is 0 Å². The van der Waals surface area contributed by atoms with Crippen LogP contribution in [0.1, 0.15) is 25.0 Å². The van der Waals surface area contributed by atoms with Gasteiger partial charge in [-0.25, -0.2) is 0 Å². The summed E-state index contributed by atoms with van der Waals surface area (Å²) >= 11 is 0. The van der Waals surface area contributed by atoms with E-state index in [1.165, 1.54) is 7.11 Å². The first-order chi connectivity index (χ1) is 9.20. The van der Waals surface area contributed by atoms with E-state index in [9.17, 15) is 9.59 Å². The highest BCUT2D eigenvalue weighted by Crippen LogP contribution is 2.19. The smallest absolute Gasteiger partial charge is 0.308 e. The fraction of sp³-hybridized carbons (Fsp3) is 0.571. The molecule has 0 radical (unpaired) electrons. The summed E-state index contributed by atoms with van der Waals surface area (Å²) in [6, 6.07) is 3.69. The number of amides is 1. The summed E-state index contributed by atoms with van der Waals surface area (Å²) in [5, 5.41) is 0. The molecule has 0 bridgehead atoms. The quantitative estimate of drug-likeness (QED) is 0.776. The molecule has 1 aromatic heterocycles. The second-order valence-electron chi connectivity index (χ2n) is 4.76. The van der Waals surface area contributed by atoms with Gasteiger partial charge in [0.2, 0.25) is 5.91 Å². The average molecular weight is 265 g/mol. The summed E-state index contributed by atoms with van der Waals surface area (Å²) in [7, 11) is 1.41. The molecule has 104 valence electrons. The van der Waals surface area contributed by atoms with Crippen molar-refractivity contribution < 1.29 is 18.7 Å². The van der Waals surface area contributed by atoms with Crippen LogP contribution in [0.5, 0.6) is 0 Å². The number of ether oxygens (including phenoxy) is 1. The van der Waals surface area contributed by atoms with Crippen molar-refractivity contribution in [3.63, 3.8) is 0 Å². The van der Waals surface area contributed by atoms with Crippen LogP contribution < -0.4 is 0 Å². The highest BCUT2D eigenvalue weighted by Gasteiger charge is 2.27. The Kier molecular flexibility index (Phi) is 4.60. The van der Waals surface area contributed by atoms with E-state index in [2.05, 4.69) is 0 Å². The Morgan fingerprint density at radius 3 is 2.74 bits per heavy atom. The van der Waals surface area contributed by atoms with E-state index >= 15 is 0 Å². The van der Waals surface area contributed by atoms with E-state index in [1.54, 1.807) is 6.26 Å². The van der Waals surface area contributed by atoms with Crippen molar-refractivity contribution in [2.24, 2.45) is 5.92 Å². The minimum absolute atomic E-state index is 0.0564. The van der Waals surface area contributed by atoms with Crippen LogP contribution in [0.3, 0.4) is 0 Å². The monoisotopic (exact) mass is 265 g/mol. The fourth-order valence-electron chi connectivity index (χ4n) is 2.37. The number of esters is 1. The number of likely N-dealkylation sites (tertiary alicyclic amines) is 1. The standard InChI is InChI=1S/C14H19NO4/c1-18-14(17)11-6-8-15(9-7-11)13(16)5-4-12-3-2-10-19-12/h2-3,10-11H,4-9H2,1H3. The largest absolute Gasteiger partial charge is 0.469 e. The zero-order chi connectivity index (χ0) is 13.7. The molecule has 2 rings (SSSR count). The van der Waals surface area contributed by atoms with Crippen LogP contribution in [0.25, 0.3) is 0 Å². The first-order valence-electron chi connectivity index (χ1n) is 6.58. The normalized spacial score (nSPS) is 16.4. The molecule has 1 fully saturated rings. The highest BCUT2D eigenvalue weighted by molar-refractivity contribution is 5.77. The summed E-state index contributed by atoms with van der Waals surface area (Å²) in [4.78, 5) is 25.2. The van der Waals surface area contributed by atoms with Crippen molar-refractivity contribution in [1.29, 1.82) is 0 Å². The molecule has 1 amide bonds. The first kappa shape index (κ1) is 13.6. The van der Waals surface area contributed by atoms with Crippen molar-refractivity contribution in [3.8, 4) is 0 Å². The zero-order valence-electron chi connectivity index (χ0n) is 11.1. The van der Waals surface area contributed by atoms with Crippen molar-refractivity contribution >= 4 is 11.9 Å². The van der Waals surface area contributed by atoms with Gasteiger partial charge in [-0.05, 0) is 25.0 Å². The number of aryl methyl sites for hydroxylation is 1. The van der Waals surface area contributed by atoms with Gasteiger partial charge in [0.15, 0.2) is 0 Å². The maximum absolute atomic E-state index is 12.0. The number of carbonyl (C=O) groups is 2. The van der Waals surface area contributed by atoms with E-state index in [-0.39, 0.29) is 17.8 Å². The molecule has 0 unspecified atom stereocenters. The Balaban J connectivity index is 1.74. The third-order valence-electron chi connectivity index (χ3n) is 3.55.